The molecule has 4 nitrogen and oxygen atoms in total. The SMILES string of the molecule is COc1cc(C)ccc1OCc1ccnc(N)c1. The molecule has 2 rings (SSSR count). The Morgan fingerprint density at radius 3 is 2.72 bits per heavy atom. The van der Waals surface area contributed by atoms with Gasteiger partial charge >= 0.3 is 0 Å². The highest BCUT2D eigenvalue weighted by molar-refractivity contribution is 5.42. The molecule has 0 aliphatic carbocycles. The molecule has 0 spiro atoms. The van der Waals surface area contributed by atoms with Gasteiger partial charge in [0.2, 0.25) is 0 Å². The monoisotopic (exact) mass is 244 g/mol. The van der Waals surface area contributed by atoms with Crippen LogP contribution in [0.15, 0.2) is 36.5 Å². The Labute approximate surface area is 106 Å². The fourth-order valence-electron chi connectivity index (χ4n) is 1.64. The van der Waals surface area contributed by atoms with Crippen LogP contribution >= 0.6 is 0 Å². The minimum Gasteiger partial charge on any atom is -0.493 e. The summed E-state index contributed by atoms with van der Waals surface area (Å²) in [6.07, 6.45) is 1.67. The van der Waals surface area contributed by atoms with Crippen LogP contribution < -0.4 is 15.2 Å². The van der Waals surface area contributed by atoms with Crippen molar-refractivity contribution in [3.8, 4) is 11.5 Å². The molecule has 0 radical (unpaired) electrons. The second-order valence-electron chi connectivity index (χ2n) is 4.03. The van der Waals surface area contributed by atoms with E-state index in [2.05, 4.69) is 4.98 Å². The second kappa shape index (κ2) is 5.40. The Bertz CT molecular complexity index is 541. The number of nitrogen functional groups attached to an aromatic ring is 1. The number of hydrogen-bond acceptors (Lipinski definition) is 4. The van der Waals surface area contributed by atoms with E-state index < -0.39 is 0 Å². The van der Waals surface area contributed by atoms with Gasteiger partial charge in [-0.25, -0.2) is 4.98 Å². The molecular weight excluding hydrogens is 228 g/mol. The van der Waals surface area contributed by atoms with Gasteiger partial charge in [0.15, 0.2) is 11.5 Å². The maximum absolute atomic E-state index is 5.72. The lowest BCUT2D eigenvalue weighted by Gasteiger charge is -2.11. The van der Waals surface area contributed by atoms with Crippen molar-refractivity contribution in [2.45, 2.75) is 13.5 Å². The van der Waals surface area contributed by atoms with E-state index in [1.54, 1.807) is 19.4 Å². The number of benzene rings is 1. The number of aromatic nitrogens is 1. The first-order valence-corrected chi connectivity index (χ1v) is 5.67. The van der Waals surface area contributed by atoms with Crippen LogP contribution in [-0.4, -0.2) is 12.1 Å². The molecule has 0 aliphatic heterocycles. The van der Waals surface area contributed by atoms with Crippen molar-refractivity contribution in [2.24, 2.45) is 0 Å². The van der Waals surface area contributed by atoms with Crippen LogP contribution in [0.2, 0.25) is 0 Å². The van der Waals surface area contributed by atoms with Crippen LogP contribution in [-0.2, 0) is 6.61 Å². The van der Waals surface area contributed by atoms with Crippen molar-refractivity contribution in [3.63, 3.8) is 0 Å². The Hall–Kier alpha value is -2.23. The van der Waals surface area contributed by atoms with Crippen LogP contribution in [0, 0.1) is 6.92 Å². The van der Waals surface area contributed by atoms with Crippen LogP contribution in [0.5, 0.6) is 11.5 Å². The van der Waals surface area contributed by atoms with E-state index in [4.69, 9.17) is 15.2 Å². The van der Waals surface area contributed by atoms with Gasteiger partial charge in [-0.3, -0.25) is 0 Å². The van der Waals surface area contributed by atoms with Gasteiger partial charge in [-0.1, -0.05) is 6.07 Å². The number of hydrogen-bond donors (Lipinski definition) is 1. The Morgan fingerprint density at radius 1 is 1.17 bits per heavy atom. The highest BCUT2D eigenvalue weighted by atomic mass is 16.5. The Kier molecular flexibility index (Phi) is 3.67. The van der Waals surface area contributed by atoms with E-state index in [1.165, 1.54) is 0 Å². The molecule has 0 amide bonds. The van der Waals surface area contributed by atoms with E-state index in [-0.39, 0.29) is 0 Å². The number of nitrogens with two attached hydrogens (primary N) is 1. The zero-order chi connectivity index (χ0) is 13.0. The smallest absolute Gasteiger partial charge is 0.161 e. The summed E-state index contributed by atoms with van der Waals surface area (Å²) in [7, 11) is 1.63. The Morgan fingerprint density at radius 2 is 2.00 bits per heavy atom. The number of anilines is 1. The summed E-state index contributed by atoms with van der Waals surface area (Å²) in [5.74, 6) is 1.95. The zero-order valence-corrected chi connectivity index (χ0v) is 10.5. The number of ether oxygens (including phenoxy) is 2. The van der Waals surface area contributed by atoms with Crippen LogP contribution in [0.3, 0.4) is 0 Å². The molecule has 1 heterocycles. The van der Waals surface area contributed by atoms with Crippen molar-refractivity contribution in [1.82, 2.24) is 4.98 Å². The number of nitrogens with zero attached hydrogens (tertiary/aromatic N) is 1. The average Bonchev–Trinajstić information content (AvgIpc) is 2.37. The normalized spacial score (nSPS) is 10.1. The fraction of sp³-hybridized carbons (Fsp3) is 0.214. The van der Waals surface area contributed by atoms with Crippen LogP contribution in [0.4, 0.5) is 5.82 Å². The maximum Gasteiger partial charge on any atom is 0.161 e. The topological polar surface area (TPSA) is 57.4 Å². The minimum atomic E-state index is 0.437. The summed E-state index contributed by atoms with van der Waals surface area (Å²) in [6, 6.07) is 9.49. The predicted molar refractivity (Wildman–Crippen MR) is 70.7 cm³/mol. The van der Waals surface area contributed by atoms with Crippen molar-refractivity contribution in [3.05, 3.63) is 47.7 Å². The first-order chi connectivity index (χ1) is 8.69. The largest absolute Gasteiger partial charge is 0.493 e. The molecule has 1 aromatic carbocycles. The first-order valence-electron chi connectivity index (χ1n) is 5.67. The van der Waals surface area contributed by atoms with Crippen molar-refractivity contribution in [2.75, 3.05) is 12.8 Å². The molecule has 1 aromatic heterocycles. The molecule has 0 fully saturated rings. The summed E-state index contributed by atoms with van der Waals surface area (Å²) >= 11 is 0. The predicted octanol–water partition coefficient (Wildman–Crippen LogP) is 2.56. The molecule has 4 heteroatoms. The average molecular weight is 244 g/mol. The van der Waals surface area contributed by atoms with Crippen LogP contribution in [0.25, 0.3) is 0 Å². The van der Waals surface area contributed by atoms with Gasteiger partial charge in [-0.15, -0.1) is 0 Å². The van der Waals surface area contributed by atoms with Crippen molar-refractivity contribution < 1.29 is 9.47 Å². The maximum atomic E-state index is 5.72. The van der Waals surface area contributed by atoms with Crippen LogP contribution in [0.1, 0.15) is 11.1 Å². The molecule has 0 aliphatic rings. The standard InChI is InChI=1S/C14H16N2O2/c1-10-3-4-12(13(7-10)17-2)18-9-11-5-6-16-14(15)8-11/h3-8H,9H2,1-2H3,(H2,15,16). The molecule has 0 saturated carbocycles. The molecular formula is C14H16N2O2. The van der Waals surface area contributed by atoms with Gasteiger partial charge in [-0.2, -0.15) is 0 Å². The van der Waals surface area contributed by atoms with Crippen molar-refractivity contribution in [1.29, 1.82) is 0 Å². The fourth-order valence-corrected chi connectivity index (χ4v) is 1.64. The quantitative estimate of drug-likeness (QED) is 0.898. The van der Waals surface area contributed by atoms with Crippen molar-refractivity contribution >= 4 is 5.82 Å². The highest BCUT2D eigenvalue weighted by Crippen LogP contribution is 2.28. The number of methoxy groups -OCH3 is 1. The molecule has 94 valence electrons. The minimum absolute atomic E-state index is 0.437. The molecule has 0 atom stereocenters. The summed E-state index contributed by atoms with van der Waals surface area (Å²) in [5.41, 5.74) is 7.72. The van der Waals surface area contributed by atoms with Gasteiger partial charge in [0.1, 0.15) is 12.4 Å². The van der Waals surface area contributed by atoms with Gasteiger partial charge < -0.3 is 15.2 Å². The summed E-state index contributed by atoms with van der Waals surface area (Å²) in [6.45, 7) is 2.45. The molecule has 2 N–H and O–H groups in total. The lowest BCUT2D eigenvalue weighted by Crippen LogP contribution is -1.99. The third-order valence-electron chi connectivity index (χ3n) is 2.56. The number of aryl methyl sites for hydroxylation is 1. The molecule has 0 bridgehead atoms. The van der Waals surface area contributed by atoms with Gasteiger partial charge in [0.05, 0.1) is 7.11 Å². The summed E-state index contributed by atoms with van der Waals surface area (Å²) in [4.78, 5) is 3.94. The lowest BCUT2D eigenvalue weighted by atomic mass is 10.2. The van der Waals surface area contributed by atoms with E-state index >= 15 is 0 Å². The number of rotatable bonds is 4. The molecule has 18 heavy (non-hydrogen) atoms. The second-order valence-corrected chi connectivity index (χ2v) is 4.03. The third kappa shape index (κ3) is 2.91. The van der Waals surface area contributed by atoms with Gasteiger partial charge in [0, 0.05) is 6.20 Å². The van der Waals surface area contributed by atoms with E-state index in [9.17, 15) is 0 Å². The summed E-state index contributed by atoms with van der Waals surface area (Å²) in [5, 5.41) is 0. The molecule has 0 unspecified atom stereocenters. The van der Waals surface area contributed by atoms with E-state index in [0.717, 1.165) is 22.6 Å². The molecule has 2 aromatic rings. The third-order valence-corrected chi connectivity index (χ3v) is 2.56. The highest BCUT2D eigenvalue weighted by Gasteiger charge is 2.04. The zero-order valence-electron chi connectivity index (χ0n) is 10.5. The molecule has 0 saturated heterocycles. The van der Waals surface area contributed by atoms with Gasteiger partial charge in [0.25, 0.3) is 0 Å². The van der Waals surface area contributed by atoms with E-state index in [0.29, 0.717) is 12.4 Å². The van der Waals surface area contributed by atoms with Gasteiger partial charge in [-0.05, 0) is 42.3 Å². The lowest BCUT2D eigenvalue weighted by molar-refractivity contribution is 0.284. The Balaban J connectivity index is 2.10. The summed E-state index contributed by atoms with van der Waals surface area (Å²) < 4.78 is 11.0. The first kappa shape index (κ1) is 12.2. The number of pyridine rings is 1. The van der Waals surface area contributed by atoms with E-state index in [1.807, 2.05) is 31.2 Å².